The van der Waals surface area contributed by atoms with Crippen LogP contribution < -0.4 is 0 Å². The Labute approximate surface area is 351 Å². The van der Waals surface area contributed by atoms with Crippen molar-refractivity contribution < 1.29 is 0 Å². The van der Waals surface area contributed by atoms with Gasteiger partial charge in [0.2, 0.25) is 0 Å². The molecule has 0 radical (unpaired) electrons. The van der Waals surface area contributed by atoms with Crippen LogP contribution in [-0.4, -0.2) is 15.0 Å². The highest BCUT2D eigenvalue weighted by Crippen LogP contribution is 2.49. The lowest BCUT2D eigenvalue weighted by atomic mass is 9.83. The maximum Gasteiger partial charge on any atom is 0.160 e. The summed E-state index contributed by atoms with van der Waals surface area (Å²) >= 11 is 0. The summed E-state index contributed by atoms with van der Waals surface area (Å²) in [5, 5.41) is 0. The lowest BCUT2D eigenvalue weighted by Crippen LogP contribution is -2.01. The van der Waals surface area contributed by atoms with E-state index in [1.807, 2.05) is 6.07 Å². The number of rotatable bonds is 9. The van der Waals surface area contributed by atoms with Gasteiger partial charge in [0.25, 0.3) is 0 Å². The van der Waals surface area contributed by atoms with Crippen molar-refractivity contribution in [1.29, 1.82) is 0 Å². The number of pyridine rings is 1. The molecule has 282 valence electrons. The second-order valence-corrected chi connectivity index (χ2v) is 14.7. The van der Waals surface area contributed by atoms with E-state index in [1.165, 1.54) is 0 Å². The van der Waals surface area contributed by atoms with Gasteiger partial charge in [-0.3, -0.25) is 0 Å². The van der Waals surface area contributed by atoms with E-state index in [0.29, 0.717) is 5.82 Å². The van der Waals surface area contributed by atoms with Crippen LogP contribution in [0.25, 0.3) is 101 Å². The average molecular weight is 766 g/mol. The van der Waals surface area contributed by atoms with Crippen molar-refractivity contribution in [3.63, 3.8) is 0 Å². The summed E-state index contributed by atoms with van der Waals surface area (Å²) in [7, 11) is 0. The van der Waals surface area contributed by atoms with Crippen LogP contribution in [0.3, 0.4) is 0 Å². The Morgan fingerprint density at radius 3 is 1.05 bits per heavy atom. The van der Waals surface area contributed by atoms with Crippen LogP contribution in [-0.2, 0) is 0 Å². The second kappa shape index (κ2) is 16.5. The van der Waals surface area contributed by atoms with Gasteiger partial charge in [-0.15, -0.1) is 0 Å². The number of nitrogens with zero attached hydrogens (tertiary/aromatic N) is 3. The molecule has 0 fully saturated rings. The van der Waals surface area contributed by atoms with Crippen molar-refractivity contribution >= 4 is 0 Å². The summed E-state index contributed by atoms with van der Waals surface area (Å²) in [6.07, 6.45) is 0. The molecule has 0 saturated heterocycles. The molecule has 10 aromatic rings. The summed E-state index contributed by atoms with van der Waals surface area (Å²) in [6.45, 7) is 0. The summed E-state index contributed by atoms with van der Waals surface area (Å²) in [6, 6.07) is 82.7. The quantitative estimate of drug-likeness (QED) is 0.147. The predicted octanol–water partition coefficient (Wildman–Crippen LogP) is 14.9. The standard InChI is InChI=1S/C57H39N3/c1-7-21-40(22-8-1)48-33-19-20-34-49(48)51-39-50(41-23-9-2-10-24-41)58-57(59-51)47-37-35-44(36-38-47)52-53(42-25-11-3-12-26-42)55(45-29-15-5-16-30-45)60-56(46-31-17-6-18-32-46)54(52)43-27-13-4-14-28-43/h1-39H. The Bertz CT molecular complexity index is 2920. The molecule has 10 rings (SSSR count). The third-order valence-corrected chi connectivity index (χ3v) is 10.9. The molecule has 2 aromatic heterocycles. The number of aromatic nitrogens is 3. The zero-order valence-corrected chi connectivity index (χ0v) is 32.9. The zero-order valence-electron chi connectivity index (χ0n) is 32.9. The van der Waals surface area contributed by atoms with Crippen molar-refractivity contribution in [2.45, 2.75) is 0 Å². The molecular formula is C57H39N3. The van der Waals surface area contributed by atoms with Crippen LogP contribution in [0.4, 0.5) is 0 Å². The van der Waals surface area contributed by atoms with Crippen molar-refractivity contribution in [2.75, 3.05) is 0 Å². The van der Waals surface area contributed by atoms with Gasteiger partial charge >= 0.3 is 0 Å². The number of benzene rings is 8. The second-order valence-electron chi connectivity index (χ2n) is 14.7. The zero-order chi connectivity index (χ0) is 40.1. The van der Waals surface area contributed by atoms with Crippen molar-refractivity contribution in [2.24, 2.45) is 0 Å². The molecule has 0 amide bonds. The summed E-state index contributed by atoms with van der Waals surface area (Å²) in [5.41, 5.74) is 17.5. The van der Waals surface area contributed by atoms with Crippen molar-refractivity contribution in [3.05, 3.63) is 237 Å². The lowest BCUT2D eigenvalue weighted by Gasteiger charge is -2.23. The minimum atomic E-state index is 0.664. The topological polar surface area (TPSA) is 38.7 Å². The highest BCUT2D eigenvalue weighted by atomic mass is 14.9. The van der Waals surface area contributed by atoms with Crippen LogP contribution in [0.2, 0.25) is 0 Å². The number of hydrogen-bond acceptors (Lipinski definition) is 3. The molecule has 8 aromatic carbocycles. The van der Waals surface area contributed by atoms with E-state index < -0.39 is 0 Å². The normalized spacial score (nSPS) is 11.0. The van der Waals surface area contributed by atoms with Crippen LogP contribution >= 0.6 is 0 Å². The van der Waals surface area contributed by atoms with Crippen molar-refractivity contribution in [1.82, 2.24) is 15.0 Å². The van der Waals surface area contributed by atoms with Crippen LogP contribution in [0.5, 0.6) is 0 Å². The molecule has 0 aliphatic carbocycles. The van der Waals surface area contributed by atoms with E-state index in [4.69, 9.17) is 15.0 Å². The Kier molecular flexibility index (Phi) is 9.97. The van der Waals surface area contributed by atoms with E-state index in [2.05, 4.69) is 231 Å². The average Bonchev–Trinajstić information content (AvgIpc) is 3.35. The van der Waals surface area contributed by atoms with Crippen LogP contribution in [0.1, 0.15) is 0 Å². The maximum absolute atomic E-state index is 5.60. The molecule has 0 spiro atoms. The minimum absolute atomic E-state index is 0.664. The lowest BCUT2D eigenvalue weighted by molar-refractivity contribution is 1.18. The van der Waals surface area contributed by atoms with Gasteiger partial charge in [0, 0.05) is 44.5 Å². The molecule has 2 heterocycles. The van der Waals surface area contributed by atoms with Gasteiger partial charge in [0.1, 0.15) is 0 Å². The van der Waals surface area contributed by atoms with E-state index in [9.17, 15) is 0 Å². The molecule has 0 atom stereocenters. The van der Waals surface area contributed by atoms with E-state index in [1.54, 1.807) is 0 Å². The van der Waals surface area contributed by atoms with Crippen LogP contribution in [0.15, 0.2) is 237 Å². The highest BCUT2D eigenvalue weighted by molar-refractivity contribution is 6.05. The SMILES string of the molecule is c1ccc(-c2cc(-c3ccccc3-c3ccccc3)nc(-c3ccc(-c4c(-c5ccccc5)c(-c5ccccc5)nc(-c5ccccc5)c4-c4ccccc4)cc3)n2)cc1. The first-order chi connectivity index (χ1) is 29.8. The molecule has 60 heavy (non-hydrogen) atoms. The Balaban J connectivity index is 1.21. The summed E-state index contributed by atoms with van der Waals surface area (Å²) in [5.74, 6) is 0.664. The van der Waals surface area contributed by atoms with E-state index in [0.717, 1.165) is 95.1 Å². The van der Waals surface area contributed by atoms with Gasteiger partial charge < -0.3 is 0 Å². The summed E-state index contributed by atoms with van der Waals surface area (Å²) in [4.78, 5) is 16.1. The van der Waals surface area contributed by atoms with E-state index in [-0.39, 0.29) is 0 Å². The van der Waals surface area contributed by atoms with Gasteiger partial charge in [-0.1, -0.05) is 231 Å². The van der Waals surface area contributed by atoms with Gasteiger partial charge in [-0.25, -0.2) is 15.0 Å². The molecule has 0 unspecified atom stereocenters. The predicted molar refractivity (Wildman–Crippen MR) is 249 cm³/mol. The first-order valence-electron chi connectivity index (χ1n) is 20.3. The third-order valence-electron chi connectivity index (χ3n) is 10.9. The first kappa shape index (κ1) is 36.3. The van der Waals surface area contributed by atoms with Gasteiger partial charge in [-0.2, -0.15) is 0 Å². The first-order valence-corrected chi connectivity index (χ1v) is 20.3. The monoisotopic (exact) mass is 765 g/mol. The molecule has 0 aliphatic rings. The smallest absolute Gasteiger partial charge is 0.160 e. The largest absolute Gasteiger partial charge is 0.246 e. The molecular weight excluding hydrogens is 727 g/mol. The Hall–Kier alpha value is -8.01. The number of hydrogen-bond donors (Lipinski definition) is 0. The third kappa shape index (κ3) is 7.21. The van der Waals surface area contributed by atoms with Crippen molar-refractivity contribution in [3.8, 4) is 101 Å². The highest BCUT2D eigenvalue weighted by Gasteiger charge is 2.25. The van der Waals surface area contributed by atoms with Gasteiger partial charge in [-0.05, 0) is 33.9 Å². The fraction of sp³-hybridized carbons (Fsp3) is 0. The Morgan fingerprint density at radius 2 is 0.567 bits per heavy atom. The summed E-state index contributed by atoms with van der Waals surface area (Å²) < 4.78 is 0. The molecule has 0 saturated carbocycles. The fourth-order valence-corrected chi connectivity index (χ4v) is 8.09. The fourth-order valence-electron chi connectivity index (χ4n) is 8.09. The maximum atomic E-state index is 5.60. The molecule has 0 N–H and O–H groups in total. The Morgan fingerprint density at radius 1 is 0.217 bits per heavy atom. The molecule has 3 heteroatoms. The van der Waals surface area contributed by atoms with Crippen LogP contribution in [0, 0.1) is 0 Å². The van der Waals surface area contributed by atoms with Gasteiger partial charge in [0.15, 0.2) is 5.82 Å². The minimum Gasteiger partial charge on any atom is -0.246 e. The van der Waals surface area contributed by atoms with E-state index >= 15 is 0 Å². The molecule has 0 aliphatic heterocycles. The molecule has 0 bridgehead atoms. The van der Waals surface area contributed by atoms with Gasteiger partial charge in [0.05, 0.1) is 22.8 Å². The molecule has 3 nitrogen and oxygen atoms in total.